The topological polar surface area (TPSA) is 44.5 Å². The van der Waals surface area contributed by atoms with Crippen LogP contribution in [0, 0.1) is 0 Å². The highest BCUT2D eigenvalue weighted by Gasteiger charge is 2.31. The molecule has 1 aromatic carbocycles. The maximum absolute atomic E-state index is 6.41. The quantitative estimate of drug-likeness (QED) is 0.833. The first-order valence-corrected chi connectivity index (χ1v) is 8.52. The third kappa shape index (κ3) is 3.00. The van der Waals surface area contributed by atoms with Gasteiger partial charge < -0.3 is 13.9 Å². The number of thioether (sulfide) groups is 1. The van der Waals surface area contributed by atoms with Crippen molar-refractivity contribution in [2.45, 2.75) is 42.4 Å². The number of ether oxygens (including phenoxy) is 2. The number of aromatic nitrogens is 1. The zero-order valence-electron chi connectivity index (χ0n) is 13.2. The van der Waals surface area contributed by atoms with Crippen LogP contribution in [0.15, 0.2) is 21.4 Å². The Kier molecular flexibility index (Phi) is 4.42. The first kappa shape index (κ1) is 16.1. The minimum absolute atomic E-state index is 0.0707. The predicted molar refractivity (Wildman–Crippen MR) is 89.0 cm³/mol. The molecule has 0 aliphatic carbocycles. The number of methoxy groups -OCH3 is 1. The summed E-state index contributed by atoms with van der Waals surface area (Å²) in [6, 6.07) is 3.78. The van der Waals surface area contributed by atoms with Crippen molar-refractivity contribution in [3.8, 4) is 0 Å². The standard InChI is InChI=1S/C16H20ClNO3S/c1-16(2,3)15-18-10-6-5-9(17)14(13(10)21-15)22-12-8-20-7-11(12)19-4/h5-6,11-12H,7-8H2,1-4H3/t11-,12?/m0/s1. The lowest BCUT2D eigenvalue weighted by molar-refractivity contribution is 0.0835. The largest absolute Gasteiger partial charge is 0.439 e. The zero-order chi connectivity index (χ0) is 15.9. The molecule has 3 rings (SSSR count). The summed E-state index contributed by atoms with van der Waals surface area (Å²) in [5.41, 5.74) is 1.45. The number of nitrogens with zero attached hydrogens (tertiary/aromatic N) is 1. The molecule has 0 saturated carbocycles. The first-order chi connectivity index (χ1) is 10.4. The molecule has 0 radical (unpaired) electrons. The van der Waals surface area contributed by atoms with E-state index in [2.05, 4.69) is 25.8 Å². The van der Waals surface area contributed by atoms with Gasteiger partial charge in [-0.2, -0.15) is 0 Å². The van der Waals surface area contributed by atoms with Crippen molar-refractivity contribution >= 4 is 34.5 Å². The highest BCUT2D eigenvalue weighted by atomic mass is 35.5. The Morgan fingerprint density at radius 2 is 2.09 bits per heavy atom. The number of halogens is 1. The molecule has 1 unspecified atom stereocenters. The average Bonchev–Trinajstić information content (AvgIpc) is 3.07. The third-order valence-electron chi connectivity index (χ3n) is 3.66. The van der Waals surface area contributed by atoms with E-state index in [0.29, 0.717) is 18.2 Å². The van der Waals surface area contributed by atoms with Gasteiger partial charge >= 0.3 is 0 Å². The summed E-state index contributed by atoms with van der Waals surface area (Å²) in [7, 11) is 1.71. The number of oxazole rings is 1. The lowest BCUT2D eigenvalue weighted by Crippen LogP contribution is -2.22. The molecular formula is C16H20ClNO3S. The van der Waals surface area contributed by atoms with Gasteiger partial charge in [-0.1, -0.05) is 32.4 Å². The van der Waals surface area contributed by atoms with Crippen LogP contribution in [0.25, 0.3) is 11.1 Å². The van der Waals surface area contributed by atoms with Gasteiger partial charge in [0, 0.05) is 12.5 Å². The van der Waals surface area contributed by atoms with E-state index in [-0.39, 0.29) is 16.8 Å². The molecule has 1 aliphatic heterocycles. The normalized spacial score (nSPS) is 22.6. The molecule has 6 heteroatoms. The zero-order valence-corrected chi connectivity index (χ0v) is 14.8. The van der Waals surface area contributed by atoms with E-state index in [1.54, 1.807) is 18.9 Å². The van der Waals surface area contributed by atoms with Crippen molar-refractivity contribution in [1.82, 2.24) is 4.98 Å². The molecule has 1 saturated heterocycles. The molecule has 0 spiro atoms. The van der Waals surface area contributed by atoms with Crippen LogP contribution >= 0.6 is 23.4 Å². The molecule has 1 aliphatic rings. The predicted octanol–water partition coefficient (Wildman–Crippen LogP) is 4.28. The van der Waals surface area contributed by atoms with Crippen molar-refractivity contribution in [3.05, 3.63) is 23.0 Å². The lowest BCUT2D eigenvalue weighted by atomic mass is 9.97. The van der Waals surface area contributed by atoms with Crippen LogP contribution in [-0.2, 0) is 14.9 Å². The summed E-state index contributed by atoms with van der Waals surface area (Å²) in [6.07, 6.45) is 0.0707. The minimum Gasteiger partial charge on any atom is -0.439 e. The van der Waals surface area contributed by atoms with E-state index >= 15 is 0 Å². The SMILES string of the molecule is CO[C@H]1COCC1Sc1c(Cl)ccc2nc(C(C)(C)C)oc12. The number of benzene rings is 1. The molecule has 22 heavy (non-hydrogen) atoms. The fourth-order valence-electron chi connectivity index (χ4n) is 2.37. The summed E-state index contributed by atoms with van der Waals surface area (Å²) in [4.78, 5) is 5.51. The van der Waals surface area contributed by atoms with E-state index in [1.807, 2.05) is 12.1 Å². The van der Waals surface area contributed by atoms with Crippen LogP contribution in [-0.4, -0.2) is 36.7 Å². The maximum atomic E-state index is 6.41. The Bertz CT molecular complexity index is 680. The van der Waals surface area contributed by atoms with E-state index in [0.717, 1.165) is 21.9 Å². The monoisotopic (exact) mass is 341 g/mol. The number of fused-ring (bicyclic) bond motifs is 1. The molecule has 0 amide bonds. The Balaban J connectivity index is 2.00. The van der Waals surface area contributed by atoms with Gasteiger partial charge in [-0.15, -0.1) is 11.8 Å². The summed E-state index contributed by atoms with van der Waals surface area (Å²) in [5, 5.41) is 0.882. The average molecular weight is 342 g/mol. The third-order valence-corrected chi connectivity index (χ3v) is 5.47. The van der Waals surface area contributed by atoms with E-state index in [9.17, 15) is 0 Å². The van der Waals surface area contributed by atoms with Crippen LogP contribution < -0.4 is 0 Å². The Morgan fingerprint density at radius 1 is 1.32 bits per heavy atom. The van der Waals surface area contributed by atoms with Crippen molar-refractivity contribution < 1.29 is 13.9 Å². The number of hydrogen-bond donors (Lipinski definition) is 0. The van der Waals surface area contributed by atoms with Gasteiger partial charge in [0.25, 0.3) is 0 Å². The van der Waals surface area contributed by atoms with Crippen LogP contribution in [0.1, 0.15) is 26.7 Å². The Labute approximate surface area is 139 Å². The lowest BCUT2D eigenvalue weighted by Gasteiger charge is -2.16. The first-order valence-electron chi connectivity index (χ1n) is 7.27. The fourth-order valence-corrected chi connectivity index (χ4v) is 3.90. The highest BCUT2D eigenvalue weighted by molar-refractivity contribution is 8.00. The molecule has 4 nitrogen and oxygen atoms in total. The van der Waals surface area contributed by atoms with Crippen LogP contribution in [0.4, 0.5) is 0 Å². The molecule has 0 bridgehead atoms. The second-order valence-corrected chi connectivity index (χ2v) is 8.12. The number of rotatable bonds is 3. The molecule has 1 aromatic heterocycles. The second-order valence-electron chi connectivity index (χ2n) is 6.46. The molecule has 2 atom stereocenters. The van der Waals surface area contributed by atoms with Gasteiger partial charge in [-0.05, 0) is 12.1 Å². The fraction of sp³-hybridized carbons (Fsp3) is 0.562. The van der Waals surface area contributed by atoms with E-state index in [1.165, 1.54) is 0 Å². The Hall–Kier alpha value is -0.750. The van der Waals surface area contributed by atoms with Gasteiger partial charge in [-0.3, -0.25) is 0 Å². The summed E-state index contributed by atoms with van der Waals surface area (Å²) >= 11 is 8.05. The van der Waals surface area contributed by atoms with Gasteiger partial charge in [-0.25, -0.2) is 4.98 Å². The summed E-state index contributed by atoms with van der Waals surface area (Å²) in [5.74, 6) is 0.720. The van der Waals surface area contributed by atoms with Crippen LogP contribution in [0.3, 0.4) is 0 Å². The molecule has 2 aromatic rings. The van der Waals surface area contributed by atoms with Crippen molar-refractivity contribution in [3.63, 3.8) is 0 Å². The van der Waals surface area contributed by atoms with E-state index in [4.69, 9.17) is 25.5 Å². The van der Waals surface area contributed by atoms with Crippen LogP contribution in [0.5, 0.6) is 0 Å². The smallest absolute Gasteiger partial charge is 0.200 e. The van der Waals surface area contributed by atoms with Gasteiger partial charge in [0.05, 0.1) is 34.5 Å². The summed E-state index contributed by atoms with van der Waals surface area (Å²) in [6.45, 7) is 7.51. The molecular weight excluding hydrogens is 322 g/mol. The molecule has 2 heterocycles. The van der Waals surface area contributed by atoms with Gasteiger partial charge in [0.15, 0.2) is 5.58 Å². The van der Waals surface area contributed by atoms with Gasteiger partial charge in [0.2, 0.25) is 5.89 Å². The van der Waals surface area contributed by atoms with Crippen molar-refractivity contribution in [1.29, 1.82) is 0 Å². The minimum atomic E-state index is -0.140. The van der Waals surface area contributed by atoms with Crippen LogP contribution in [0.2, 0.25) is 5.02 Å². The highest BCUT2D eigenvalue weighted by Crippen LogP contribution is 2.40. The molecule has 120 valence electrons. The Morgan fingerprint density at radius 3 is 2.77 bits per heavy atom. The van der Waals surface area contributed by atoms with Crippen molar-refractivity contribution in [2.75, 3.05) is 20.3 Å². The number of hydrogen-bond acceptors (Lipinski definition) is 5. The van der Waals surface area contributed by atoms with Gasteiger partial charge in [0.1, 0.15) is 5.52 Å². The summed E-state index contributed by atoms with van der Waals surface area (Å²) < 4.78 is 17.0. The molecule has 1 fully saturated rings. The molecule has 0 N–H and O–H groups in total. The second kappa shape index (κ2) is 6.04. The van der Waals surface area contributed by atoms with Crippen molar-refractivity contribution in [2.24, 2.45) is 0 Å². The van der Waals surface area contributed by atoms with E-state index < -0.39 is 0 Å². The maximum Gasteiger partial charge on any atom is 0.200 e.